The second kappa shape index (κ2) is 11.1. The normalized spacial score (nSPS) is 15.7. The van der Waals surface area contributed by atoms with Gasteiger partial charge in [-0.25, -0.2) is 0 Å². The number of dihydropyridines is 1. The smallest absolute Gasteiger partial charge is 0.316 e. The largest absolute Gasteiger partial charge is 0.462 e. The summed E-state index contributed by atoms with van der Waals surface area (Å²) in [4.78, 5) is 25.4. The van der Waals surface area contributed by atoms with Crippen LogP contribution in [-0.4, -0.2) is 23.7 Å². The second-order valence-electron chi connectivity index (χ2n) is 7.62. The minimum absolute atomic E-state index is 0.0275. The third kappa shape index (κ3) is 5.98. The Hall–Kier alpha value is -3.21. The predicted molar refractivity (Wildman–Crippen MR) is 131 cm³/mol. The number of carbonyl (C=O) groups excluding carboxylic acids is 2. The van der Waals surface area contributed by atoms with Gasteiger partial charge in [-0.05, 0) is 44.5 Å². The first-order chi connectivity index (χ1) is 15.8. The van der Waals surface area contributed by atoms with Crippen LogP contribution >= 0.6 is 23.4 Å². The Morgan fingerprint density at radius 3 is 2.48 bits per heavy atom. The molecule has 2 N–H and O–H groups in total. The van der Waals surface area contributed by atoms with E-state index in [4.69, 9.17) is 16.3 Å². The quantitative estimate of drug-likeness (QED) is 0.517. The van der Waals surface area contributed by atoms with E-state index in [1.54, 1.807) is 51.1 Å². The lowest BCUT2D eigenvalue weighted by molar-refractivity contribution is -0.144. The van der Waals surface area contributed by atoms with Crippen LogP contribution in [0.3, 0.4) is 0 Å². The zero-order valence-corrected chi connectivity index (χ0v) is 20.1. The summed E-state index contributed by atoms with van der Waals surface area (Å²) in [7, 11) is 0. The van der Waals surface area contributed by atoms with Crippen molar-refractivity contribution in [3.8, 4) is 6.07 Å². The van der Waals surface area contributed by atoms with Crippen LogP contribution in [0.2, 0.25) is 5.02 Å². The number of halogens is 1. The molecule has 2 aromatic rings. The van der Waals surface area contributed by atoms with Crippen LogP contribution in [0.1, 0.15) is 32.3 Å². The van der Waals surface area contributed by atoms with Gasteiger partial charge in [-0.3, -0.25) is 9.59 Å². The van der Waals surface area contributed by atoms with Gasteiger partial charge in [0.2, 0.25) is 0 Å². The van der Waals surface area contributed by atoms with E-state index in [1.165, 1.54) is 11.8 Å². The number of esters is 1. The monoisotopic (exact) mass is 481 g/mol. The van der Waals surface area contributed by atoms with E-state index < -0.39 is 5.92 Å². The number of benzene rings is 2. The van der Waals surface area contributed by atoms with E-state index in [0.29, 0.717) is 38.1 Å². The van der Waals surface area contributed by atoms with E-state index in [1.807, 2.05) is 24.3 Å². The fourth-order valence-electron chi connectivity index (χ4n) is 3.50. The zero-order valence-electron chi connectivity index (χ0n) is 18.5. The van der Waals surface area contributed by atoms with Gasteiger partial charge in [0, 0.05) is 22.0 Å². The molecule has 0 fully saturated rings. The number of nitrogens with one attached hydrogen (secondary N) is 2. The molecule has 0 spiro atoms. The third-order valence-corrected chi connectivity index (χ3v) is 6.18. The molecule has 1 atom stereocenters. The first kappa shape index (κ1) is 24.4. The fourth-order valence-corrected chi connectivity index (χ4v) is 4.61. The molecule has 170 valence electrons. The van der Waals surface area contributed by atoms with Crippen molar-refractivity contribution in [3.63, 3.8) is 0 Å². The Labute approximate surface area is 202 Å². The van der Waals surface area contributed by atoms with Gasteiger partial charge in [0.15, 0.2) is 0 Å². The highest BCUT2D eigenvalue weighted by Gasteiger charge is 2.36. The number of hydrogen-bond acceptors (Lipinski definition) is 6. The van der Waals surface area contributed by atoms with Crippen LogP contribution in [0.25, 0.3) is 0 Å². The molecular formula is C25H24ClN3O3S. The minimum Gasteiger partial charge on any atom is -0.462 e. The van der Waals surface area contributed by atoms with Crippen molar-refractivity contribution < 1.29 is 14.3 Å². The highest BCUT2D eigenvalue weighted by molar-refractivity contribution is 8.03. The van der Waals surface area contributed by atoms with Crippen molar-refractivity contribution in [2.75, 3.05) is 11.1 Å². The van der Waals surface area contributed by atoms with Crippen LogP contribution in [-0.2, 0) is 14.3 Å². The van der Waals surface area contributed by atoms with Crippen molar-refractivity contribution in [1.82, 2.24) is 5.32 Å². The van der Waals surface area contributed by atoms with Crippen LogP contribution in [0.5, 0.6) is 0 Å². The van der Waals surface area contributed by atoms with Gasteiger partial charge in [0.05, 0.1) is 34.4 Å². The fraction of sp³-hybridized carbons (Fsp3) is 0.240. The van der Waals surface area contributed by atoms with Crippen molar-refractivity contribution in [2.24, 2.45) is 0 Å². The molecular weight excluding hydrogens is 458 g/mol. The average molecular weight is 482 g/mol. The lowest BCUT2D eigenvalue weighted by Crippen LogP contribution is -2.31. The Kier molecular flexibility index (Phi) is 8.21. The van der Waals surface area contributed by atoms with E-state index in [2.05, 4.69) is 16.7 Å². The number of amides is 1. The van der Waals surface area contributed by atoms with E-state index in [0.717, 1.165) is 0 Å². The lowest BCUT2D eigenvalue weighted by atomic mass is 9.82. The topological polar surface area (TPSA) is 91.2 Å². The lowest BCUT2D eigenvalue weighted by Gasteiger charge is -2.30. The molecule has 1 heterocycles. The highest BCUT2D eigenvalue weighted by Crippen LogP contribution is 2.43. The maximum absolute atomic E-state index is 13.4. The highest BCUT2D eigenvalue weighted by atomic mass is 35.5. The third-order valence-electron chi connectivity index (χ3n) is 4.84. The first-order valence-electron chi connectivity index (χ1n) is 10.4. The van der Waals surface area contributed by atoms with Crippen LogP contribution < -0.4 is 10.6 Å². The standard InChI is InChI=1S/C25H24ClN3O3S/c1-15(2)32-21(30)14-33-25-19(13-27)23(18-11-7-8-12-20(18)26)22(16(3)28-25)24(31)29-17-9-5-4-6-10-17/h4-12,15,23,28H,14H2,1-3H3,(H,29,31). The number of nitriles is 1. The zero-order chi connectivity index (χ0) is 24.0. The molecule has 6 nitrogen and oxygen atoms in total. The van der Waals surface area contributed by atoms with Gasteiger partial charge in [-0.2, -0.15) is 5.26 Å². The summed E-state index contributed by atoms with van der Waals surface area (Å²) in [5.74, 6) is -1.39. The van der Waals surface area contributed by atoms with Gasteiger partial charge >= 0.3 is 5.97 Å². The summed E-state index contributed by atoms with van der Waals surface area (Å²) in [6.45, 7) is 5.32. The number of ether oxygens (including phenoxy) is 1. The molecule has 0 saturated heterocycles. The summed E-state index contributed by atoms with van der Waals surface area (Å²) in [6.07, 6.45) is -0.229. The van der Waals surface area contributed by atoms with Crippen LogP contribution in [0, 0.1) is 11.3 Å². The summed E-state index contributed by atoms with van der Waals surface area (Å²) < 4.78 is 5.20. The molecule has 0 radical (unpaired) electrons. The first-order valence-corrected chi connectivity index (χ1v) is 11.7. The molecule has 0 saturated carbocycles. The molecule has 2 aromatic carbocycles. The SMILES string of the molecule is CC1=C(C(=O)Nc2ccccc2)C(c2ccccc2Cl)C(C#N)=C(SCC(=O)OC(C)C)N1. The number of hydrogen-bond donors (Lipinski definition) is 2. The second-order valence-corrected chi connectivity index (χ2v) is 9.01. The number of anilines is 1. The number of para-hydroxylation sites is 1. The molecule has 3 rings (SSSR count). The van der Waals surface area contributed by atoms with Crippen molar-refractivity contribution >= 4 is 40.9 Å². The van der Waals surface area contributed by atoms with Gasteiger partial charge in [-0.1, -0.05) is 59.8 Å². The average Bonchev–Trinajstić information content (AvgIpc) is 2.77. The van der Waals surface area contributed by atoms with E-state index >= 15 is 0 Å². The Balaban J connectivity index is 2.01. The summed E-state index contributed by atoms with van der Waals surface area (Å²) >= 11 is 7.67. The van der Waals surface area contributed by atoms with E-state index in [-0.39, 0.29) is 23.7 Å². The number of carbonyl (C=O) groups is 2. The molecule has 1 aliphatic heterocycles. The van der Waals surface area contributed by atoms with Crippen molar-refractivity contribution in [1.29, 1.82) is 5.26 Å². The van der Waals surface area contributed by atoms with E-state index in [9.17, 15) is 14.9 Å². The predicted octanol–water partition coefficient (Wildman–Crippen LogP) is 5.36. The Morgan fingerprint density at radius 2 is 1.85 bits per heavy atom. The molecule has 1 aliphatic rings. The maximum atomic E-state index is 13.4. The number of rotatable bonds is 7. The maximum Gasteiger partial charge on any atom is 0.316 e. The molecule has 0 bridgehead atoms. The van der Waals surface area contributed by atoms with Gasteiger partial charge in [-0.15, -0.1) is 0 Å². The van der Waals surface area contributed by atoms with Gasteiger partial charge in [0.25, 0.3) is 5.91 Å². The molecule has 33 heavy (non-hydrogen) atoms. The number of allylic oxidation sites excluding steroid dienone is 2. The molecule has 8 heteroatoms. The molecule has 1 amide bonds. The number of thioether (sulfide) groups is 1. The molecule has 0 aromatic heterocycles. The number of nitrogens with zero attached hydrogens (tertiary/aromatic N) is 1. The van der Waals surface area contributed by atoms with Crippen LogP contribution in [0.15, 0.2) is 76.5 Å². The summed E-state index contributed by atoms with van der Waals surface area (Å²) in [5.41, 5.74) is 2.55. The van der Waals surface area contributed by atoms with Gasteiger partial charge < -0.3 is 15.4 Å². The molecule has 1 unspecified atom stereocenters. The van der Waals surface area contributed by atoms with Crippen molar-refractivity contribution in [3.05, 3.63) is 87.1 Å². The summed E-state index contributed by atoms with van der Waals surface area (Å²) in [6, 6.07) is 18.5. The molecule has 0 aliphatic carbocycles. The summed E-state index contributed by atoms with van der Waals surface area (Å²) in [5, 5.41) is 17.1. The Morgan fingerprint density at radius 1 is 1.18 bits per heavy atom. The van der Waals surface area contributed by atoms with Gasteiger partial charge in [0.1, 0.15) is 0 Å². The van der Waals surface area contributed by atoms with Crippen LogP contribution in [0.4, 0.5) is 5.69 Å². The van der Waals surface area contributed by atoms with Crippen molar-refractivity contribution in [2.45, 2.75) is 32.8 Å². The minimum atomic E-state index is -0.697. The Bertz CT molecular complexity index is 1150.